The van der Waals surface area contributed by atoms with Gasteiger partial charge in [-0.3, -0.25) is 4.79 Å². The summed E-state index contributed by atoms with van der Waals surface area (Å²) in [6.45, 7) is 1.67. The zero-order chi connectivity index (χ0) is 8.85. The smallest absolute Gasteiger partial charge is 0.320 e. The van der Waals surface area contributed by atoms with Crippen LogP contribution in [0.5, 0.6) is 0 Å². The fraction of sp³-hybridized carbons (Fsp3) is 0.571. The summed E-state index contributed by atoms with van der Waals surface area (Å²) in [4.78, 5) is 10.2. The molecule has 0 saturated heterocycles. The summed E-state index contributed by atoms with van der Waals surface area (Å²) in [6, 6.07) is -0.864. The number of aliphatic carboxylic acids is 1. The first-order chi connectivity index (χ1) is 5.07. The van der Waals surface area contributed by atoms with E-state index in [-0.39, 0.29) is 13.0 Å². The van der Waals surface area contributed by atoms with Gasteiger partial charge in [-0.1, -0.05) is 11.6 Å². The Balaban J connectivity index is 3.78. The Bertz CT molecular complexity index is 165. The number of carboxylic acid groups (broad SMARTS) is 1. The Kier molecular flexibility index (Phi) is 4.49. The summed E-state index contributed by atoms with van der Waals surface area (Å²) in [7, 11) is 0. The van der Waals surface area contributed by atoms with E-state index < -0.39 is 12.0 Å². The second-order valence-electron chi connectivity index (χ2n) is 2.39. The van der Waals surface area contributed by atoms with Gasteiger partial charge in [-0.05, 0) is 13.3 Å². The first-order valence-corrected chi connectivity index (χ1v) is 3.32. The molecule has 11 heavy (non-hydrogen) atoms. The lowest BCUT2D eigenvalue weighted by Gasteiger charge is -2.01. The largest absolute Gasteiger partial charge is 0.480 e. The second-order valence-corrected chi connectivity index (χ2v) is 2.39. The summed E-state index contributed by atoms with van der Waals surface area (Å²) in [5.74, 6) is -1.02. The molecule has 0 saturated carbocycles. The van der Waals surface area contributed by atoms with Crippen molar-refractivity contribution in [3.63, 3.8) is 0 Å². The zero-order valence-electron chi connectivity index (χ0n) is 6.45. The molecule has 0 aliphatic heterocycles. The third-order valence-corrected chi connectivity index (χ3v) is 1.29. The highest BCUT2D eigenvalue weighted by atomic mass is 16.4. The number of aliphatic hydroxyl groups excluding tert-OH is 1. The van der Waals surface area contributed by atoms with Crippen LogP contribution in [0.1, 0.15) is 13.3 Å². The third kappa shape index (κ3) is 4.52. The molecule has 4 N–H and O–H groups in total. The molecule has 0 aliphatic rings. The number of nitrogens with two attached hydrogens (primary N) is 1. The molecule has 4 heteroatoms. The summed E-state index contributed by atoms with van der Waals surface area (Å²) < 4.78 is 0. The fourth-order valence-electron chi connectivity index (χ4n) is 0.494. The van der Waals surface area contributed by atoms with E-state index in [9.17, 15) is 4.79 Å². The summed E-state index contributed by atoms with van der Waals surface area (Å²) >= 11 is 0. The maximum Gasteiger partial charge on any atom is 0.320 e. The normalized spacial score (nSPS) is 14.6. The van der Waals surface area contributed by atoms with Crippen molar-refractivity contribution >= 4 is 5.97 Å². The summed E-state index contributed by atoms with van der Waals surface area (Å²) in [5, 5.41) is 16.9. The highest BCUT2D eigenvalue weighted by Crippen LogP contribution is 1.96. The van der Waals surface area contributed by atoms with Gasteiger partial charge in [-0.25, -0.2) is 0 Å². The molecule has 4 nitrogen and oxygen atoms in total. The third-order valence-electron chi connectivity index (χ3n) is 1.29. The van der Waals surface area contributed by atoms with E-state index in [0.717, 1.165) is 5.57 Å². The van der Waals surface area contributed by atoms with Crippen LogP contribution in [0.25, 0.3) is 0 Å². The van der Waals surface area contributed by atoms with Gasteiger partial charge in [-0.15, -0.1) is 0 Å². The molecule has 0 amide bonds. The Morgan fingerprint density at radius 3 is 2.64 bits per heavy atom. The van der Waals surface area contributed by atoms with Crippen LogP contribution in [-0.2, 0) is 4.79 Å². The van der Waals surface area contributed by atoms with Crippen molar-refractivity contribution in [1.82, 2.24) is 0 Å². The van der Waals surface area contributed by atoms with Crippen molar-refractivity contribution < 1.29 is 15.0 Å². The van der Waals surface area contributed by atoms with Crippen LogP contribution in [0.15, 0.2) is 11.6 Å². The van der Waals surface area contributed by atoms with Crippen LogP contribution in [0, 0.1) is 0 Å². The minimum atomic E-state index is -1.02. The molecule has 0 fully saturated rings. The number of hydrogen-bond acceptors (Lipinski definition) is 3. The van der Waals surface area contributed by atoms with Crippen LogP contribution in [0.3, 0.4) is 0 Å². The van der Waals surface area contributed by atoms with Crippen LogP contribution in [0.2, 0.25) is 0 Å². The number of rotatable bonds is 4. The van der Waals surface area contributed by atoms with Gasteiger partial charge in [0.25, 0.3) is 0 Å². The van der Waals surface area contributed by atoms with Gasteiger partial charge in [0.05, 0.1) is 6.61 Å². The van der Waals surface area contributed by atoms with E-state index in [0.29, 0.717) is 0 Å². The lowest BCUT2D eigenvalue weighted by Crippen LogP contribution is -2.29. The van der Waals surface area contributed by atoms with Crippen LogP contribution >= 0.6 is 0 Å². The molecule has 0 aromatic rings. The van der Waals surface area contributed by atoms with Gasteiger partial charge in [0, 0.05) is 0 Å². The Morgan fingerprint density at radius 1 is 1.73 bits per heavy atom. The molecule has 0 unspecified atom stereocenters. The first-order valence-electron chi connectivity index (χ1n) is 3.32. The molecule has 0 rings (SSSR count). The maximum absolute atomic E-state index is 10.2. The van der Waals surface area contributed by atoms with Gasteiger partial charge in [-0.2, -0.15) is 0 Å². The molecule has 1 atom stereocenters. The molecule has 64 valence electrons. The number of hydrogen-bond donors (Lipinski definition) is 3. The predicted molar refractivity (Wildman–Crippen MR) is 41.1 cm³/mol. The molecule has 0 heterocycles. The zero-order valence-corrected chi connectivity index (χ0v) is 6.45. The Labute approximate surface area is 65.3 Å². The Hall–Kier alpha value is -0.870. The number of carboxylic acids is 1. The first kappa shape index (κ1) is 10.1. The second kappa shape index (κ2) is 4.87. The molecular formula is C7H13NO3. The van der Waals surface area contributed by atoms with Gasteiger partial charge in [0.2, 0.25) is 0 Å². The van der Waals surface area contributed by atoms with Crippen LogP contribution in [-0.4, -0.2) is 28.8 Å². The molecule has 0 aromatic heterocycles. The minimum absolute atomic E-state index is 0.0493. The van der Waals surface area contributed by atoms with Gasteiger partial charge in [0.15, 0.2) is 0 Å². The molecule has 0 aromatic carbocycles. The molecule has 0 radical (unpaired) electrons. The van der Waals surface area contributed by atoms with E-state index >= 15 is 0 Å². The average Bonchev–Trinajstić information content (AvgIpc) is 1.99. The van der Waals surface area contributed by atoms with E-state index in [1.54, 1.807) is 13.0 Å². The van der Waals surface area contributed by atoms with Gasteiger partial charge < -0.3 is 15.9 Å². The average molecular weight is 159 g/mol. The summed E-state index contributed by atoms with van der Waals surface area (Å²) in [5.41, 5.74) is 5.93. The minimum Gasteiger partial charge on any atom is -0.480 e. The van der Waals surface area contributed by atoms with Crippen molar-refractivity contribution in [2.45, 2.75) is 19.4 Å². The van der Waals surface area contributed by atoms with Crippen molar-refractivity contribution in [2.24, 2.45) is 5.73 Å². The SMILES string of the molecule is C/C(=C\C[C@H](N)C(=O)O)CO. The lowest BCUT2D eigenvalue weighted by molar-refractivity contribution is -0.138. The van der Waals surface area contributed by atoms with Crippen LogP contribution in [0.4, 0.5) is 0 Å². The molecule has 0 bridgehead atoms. The maximum atomic E-state index is 10.2. The van der Waals surface area contributed by atoms with Crippen molar-refractivity contribution in [3.05, 3.63) is 11.6 Å². The molecule has 0 aliphatic carbocycles. The number of aliphatic hydroxyl groups is 1. The standard InChI is InChI=1S/C7H13NO3/c1-5(4-9)2-3-6(8)7(10)11/h2,6,9H,3-4,8H2,1H3,(H,10,11)/b5-2+/t6-/m0/s1. The summed E-state index contributed by atoms with van der Waals surface area (Å²) in [6.07, 6.45) is 1.89. The quantitative estimate of drug-likeness (QED) is 0.493. The van der Waals surface area contributed by atoms with Crippen molar-refractivity contribution in [2.75, 3.05) is 6.61 Å². The van der Waals surface area contributed by atoms with Crippen molar-refractivity contribution in [3.8, 4) is 0 Å². The lowest BCUT2D eigenvalue weighted by atomic mass is 10.1. The van der Waals surface area contributed by atoms with Crippen LogP contribution < -0.4 is 5.73 Å². The van der Waals surface area contributed by atoms with E-state index in [2.05, 4.69) is 0 Å². The van der Waals surface area contributed by atoms with Gasteiger partial charge in [0.1, 0.15) is 6.04 Å². The van der Waals surface area contributed by atoms with Gasteiger partial charge >= 0.3 is 5.97 Å². The highest BCUT2D eigenvalue weighted by Gasteiger charge is 2.08. The van der Waals surface area contributed by atoms with E-state index in [4.69, 9.17) is 15.9 Å². The fourth-order valence-corrected chi connectivity index (χ4v) is 0.494. The predicted octanol–water partition coefficient (Wildman–Crippen LogP) is -0.273. The monoisotopic (exact) mass is 159 g/mol. The molecule has 0 spiro atoms. The number of carbonyl (C=O) groups is 1. The van der Waals surface area contributed by atoms with E-state index in [1.165, 1.54) is 0 Å². The van der Waals surface area contributed by atoms with E-state index in [1.807, 2.05) is 0 Å². The topological polar surface area (TPSA) is 83.6 Å². The molecular weight excluding hydrogens is 146 g/mol. The van der Waals surface area contributed by atoms with Crippen molar-refractivity contribution in [1.29, 1.82) is 0 Å². The Morgan fingerprint density at radius 2 is 2.27 bits per heavy atom. The highest BCUT2D eigenvalue weighted by molar-refractivity contribution is 5.73.